The van der Waals surface area contributed by atoms with Crippen LogP contribution in [0, 0.1) is 6.92 Å². The van der Waals surface area contributed by atoms with Gasteiger partial charge in [0.25, 0.3) is 5.89 Å². The Morgan fingerprint density at radius 3 is 2.46 bits per heavy atom. The van der Waals surface area contributed by atoms with Gasteiger partial charge < -0.3 is 9.84 Å². The lowest BCUT2D eigenvalue weighted by atomic mass is 9.93. The molecule has 0 aliphatic carbocycles. The van der Waals surface area contributed by atoms with Crippen molar-refractivity contribution in [2.45, 2.75) is 46.1 Å². The maximum atomic E-state index is 13.3. The highest BCUT2D eigenvalue weighted by Gasteiger charge is 2.35. The smallest absolute Gasteiger partial charge is 0.322 e. The topological polar surface area (TPSA) is 71.3 Å². The number of hydrogen-bond acceptors (Lipinski definition) is 4. The largest absolute Gasteiger partial charge is 0.334 e. The third kappa shape index (κ3) is 5.33. The van der Waals surface area contributed by atoms with Gasteiger partial charge in [-0.05, 0) is 55.9 Å². The molecule has 0 saturated heterocycles. The third-order valence-corrected chi connectivity index (χ3v) is 6.94. The van der Waals surface area contributed by atoms with Gasteiger partial charge in [-0.25, -0.2) is 4.79 Å². The van der Waals surface area contributed by atoms with Gasteiger partial charge in [0, 0.05) is 17.8 Å². The van der Waals surface area contributed by atoms with Crippen molar-refractivity contribution in [3.63, 3.8) is 0 Å². The molecule has 1 aliphatic rings. The number of amides is 2. The molecule has 4 aromatic rings. The van der Waals surface area contributed by atoms with Crippen LogP contribution in [0.1, 0.15) is 54.5 Å². The predicted molar refractivity (Wildman–Crippen MR) is 146 cm³/mol. The zero-order valence-electron chi connectivity index (χ0n) is 21.6. The van der Waals surface area contributed by atoms with Crippen LogP contribution in [-0.2, 0) is 12.8 Å². The lowest BCUT2D eigenvalue weighted by Gasteiger charge is -2.35. The molecule has 3 aromatic carbocycles. The van der Waals surface area contributed by atoms with Crippen molar-refractivity contribution in [1.29, 1.82) is 0 Å². The van der Waals surface area contributed by atoms with Crippen LogP contribution >= 0.6 is 0 Å². The van der Waals surface area contributed by atoms with Crippen LogP contribution in [0.25, 0.3) is 17.0 Å². The van der Waals surface area contributed by atoms with Gasteiger partial charge in [0.1, 0.15) is 0 Å². The molecule has 1 unspecified atom stereocenters. The van der Waals surface area contributed by atoms with E-state index in [1.165, 1.54) is 11.1 Å². The Balaban J connectivity index is 1.49. The van der Waals surface area contributed by atoms with Gasteiger partial charge in [-0.1, -0.05) is 90.4 Å². The fraction of sp³-hybridized carbons (Fsp3) is 0.258. The fourth-order valence-corrected chi connectivity index (χ4v) is 4.84. The summed E-state index contributed by atoms with van der Waals surface area (Å²) in [5.74, 6) is 0.957. The zero-order chi connectivity index (χ0) is 25.8. The van der Waals surface area contributed by atoms with Gasteiger partial charge in [-0.15, -0.1) is 0 Å². The highest BCUT2D eigenvalue weighted by molar-refractivity contribution is 5.86. The first-order valence-corrected chi connectivity index (χ1v) is 12.9. The number of carbonyl (C=O) groups is 1. The summed E-state index contributed by atoms with van der Waals surface area (Å²) in [5, 5.41) is 7.49. The van der Waals surface area contributed by atoms with Gasteiger partial charge in [-0.2, -0.15) is 4.98 Å². The van der Waals surface area contributed by atoms with Crippen LogP contribution < -0.4 is 5.32 Å². The van der Waals surface area contributed by atoms with Crippen LogP contribution in [-0.4, -0.2) is 27.6 Å². The van der Waals surface area contributed by atoms with E-state index in [0.29, 0.717) is 18.3 Å². The summed E-state index contributed by atoms with van der Waals surface area (Å²) in [4.78, 5) is 19.9. The van der Waals surface area contributed by atoms with Crippen LogP contribution in [0.4, 0.5) is 4.79 Å². The molecule has 1 aliphatic heterocycles. The Morgan fingerprint density at radius 1 is 0.946 bits per heavy atom. The maximum absolute atomic E-state index is 13.3. The average Bonchev–Trinajstić information content (AvgIpc) is 3.41. The van der Waals surface area contributed by atoms with Crippen molar-refractivity contribution in [3.8, 4) is 11.4 Å². The van der Waals surface area contributed by atoms with Crippen molar-refractivity contribution >= 4 is 11.6 Å². The molecule has 2 amide bonds. The molecule has 0 spiro atoms. The number of nitrogens with zero attached hydrogens (tertiary/aromatic N) is 3. The predicted octanol–water partition coefficient (Wildman–Crippen LogP) is 6.74. The zero-order valence-corrected chi connectivity index (χ0v) is 21.6. The molecule has 5 rings (SSSR count). The van der Waals surface area contributed by atoms with E-state index in [2.05, 4.69) is 53.8 Å². The number of hydrogen-bond donors (Lipinski definition) is 1. The number of allylic oxidation sites excluding steroid dienone is 1. The van der Waals surface area contributed by atoms with Gasteiger partial charge in [0.05, 0.1) is 11.6 Å². The number of nitrogens with one attached hydrogen (secondary N) is 1. The number of rotatable bonds is 8. The SMILES string of the molecule is CCc1ccc(C2NC(=O)N(CCCc3ccccc3)C(C)=C2c2nc(-c3cccc(C)c3)no2)cc1. The van der Waals surface area contributed by atoms with E-state index in [1.54, 1.807) is 4.90 Å². The second-order valence-electron chi connectivity index (χ2n) is 9.51. The van der Waals surface area contributed by atoms with Gasteiger partial charge in [-0.3, -0.25) is 4.90 Å². The lowest BCUT2D eigenvalue weighted by Crippen LogP contribution is -2.46. The van der Waals surface area contributed by atoms with E-state index in [-0.39, 0.29) is 12.1 Å². The molecule has 2 heterocycles. The summed E-state index contributed by atoms with van der Waals surface area (Å²) < 4.78 is 5.83. The highest BCUT2D eigenvalue weighted by Crippen LogP contribution is 2.37. The Kier molecular flexibility index (Phi) is 7.17. The van der Waals surface area contributed by atoms with E-state index >= 15 is 0 Å². The Labute approximate surface area is 218 Å². The number of urea groups is 1. The van der Waals surface area contributed by atoms with Crippen LogP contribution in [0.15, 0.2) is 89.1 Å². The van der Waals surface area contributed by atoms with E-state index < -0.39 is 0 Å². The molecular weight excluding hydrogens is 460 g/mol. The van der Waals surface area contributed by atoms with Gasteiger partial charge >= 0.3 is 6.03 Å². The second-order valence-corrected chi connectivity index (χ2v) is 9.51. The average molecular weight is 493 g/mol. The molecule has 188 valence electrons. The summed E-state index contributed by atoms with van der Waals surface area (Å²) in [6, 6.07) is 26.2. The van der Waals surface area contributed by atoms with Crippen LogP contribution in [0.2, 0.25) is 0 Å². The van der Waals surface area contributed by atoms with E-state index in [1.807, 2.05) is 56.3 Å². The Bertz CT molecular complexity index is 1410. The summed E-state index contributed by atoms with van der Waals surface area (Å²) in [6.45, 7) is 6.74. The molecular formula is C31H32N4O2. The van der Waals surface area contributed by atoms with Crippen molar-refractivity contribution in [3.05, 3.63) is 113 Å². The molecule has 0 radical (unpaired) electrons. The number of carbonyl (C=O) groups excluding carboxylic acids is 1. The number of aryl methyl sites for hydroxylation is 3. The molecule has 0 saturated carbocycles. The number of aromatic nitrogens is 2. The monoisotopic (exact) mass is 492 g/mol. The van der Waals surface area contributed by atoms with Crippen LogP contribution in [0.3, 0.4) is 0 Å². The molecule has 6 nitrogen and oxygen atoms in total. The molecule has 1 atom stereocenters. The Hall–Kier alpha value is -4.19. The third-order valence-electron chi connectivity index (χ3n) is 6.94. The first-order chi connectivity index (χ1) is 18.0. The molecule has 1 aromatic heterocycles. The molecule has 6 heteroatoms. The van der Waals surface area contributed by atoms with Gasteiger partial charge in [0.2, 0.25) is 5.82 Å². The first kappa shape index (κ1) is 24.5. The molecule has 37 heavy (non-hydrogen) atoms. The van der Waals surface area contributed by atoms with Crippen molar-refractivity contribution in [2.24, 2.45) is 0 Å². The number of benzene rings is 3. The maximum Gasteiger partial charge on any atom is 0.322 e. The summed E-state index contributed by atoms with van der Waals surface area (Å²) in [7, 11) is 0. The molecule has 0 fully saturated rings. The lowest BCUT2D eigenvalue weighted by molar-refractivity contribution is 0.204. The van der Waals surface area contributed by atoms with E-state index in [9.17, 15) is 4.79 Å². The fourth-order valence-electron chi connectivity index (χ4n) is 4.84. The normalized spacial score (nSPS) is 15.7. The molecule has 0 bridgehead atoms. The van der Waals surface area contributed by atoms with Crippen molar-refractivity contribution in [1.82, 2.24) is 20.4 Å². The minimum absolute atomic E-state index is 0.114. The highest BCUT2D eigenvalue weighted by atomic mass is 16.5. The van der Waals surface area contributed by atoms with E-state index in [0.717, 1.165) is 47.2 Å². The standard InChI is InChI=1S/C31H32N4O2/c1-4-23-15-17-25(18-16-23)28-27(30-33-29(34-37-30)26-14-8-10-21(2)20-26)22(3)35(31(36)32-28)19-9-13-24-11-6-5-7-12-24/h5-8,10-12,14-18,20,28H,4,9,13,19H2,1-3H3,(H,32,36). The molecule has 1 N–H and O–H groups in total. The summed E-state index contributed by atoms with van der Waals surface area (Å²) in [5.41, 5.74) is 7.18. The first-order valence-electron chi connectivity index (χ1n) is 12.9. The Morgan fingerprint density at radius 2 is 1.73 bits per heavy atom. The second kappa shape index (κ2) is 10.8. The van der Waals surface area contributed by atoms with E-state index in [4.69, 9.17) is 9.51 Å². The van der Waals surface area contributed by atoms with Gasteiger partial charge in [0.15, 0.2) is 0 Å². The van der Waals surface area contributed by atoms with Crippen LogP contribution in [0.5, 0.6) is 0 Å². The summed E-state index contributed by atoms with van der Waals surface area (Å²) >= 11 is 0. The minimum Gasteiger partial charge on any atom is -0.334 e. The van der Waals surface area contributed by atoms with Crippen molar-refractivity contribution in [2.75, 3.05) is 6.54 Å². The quantitative estimate of drug-likeness (QED) is 0.296. The van der Waals surface area contributed by atoms with Crippen molar-refractivity contribution < 1.29 is 9.32 Å². The summed E-state index contributed by atoms with van der Waals surface area (Å²) in [6.07, 6.45) is 2.70. The minimum atomic E-state index is -0.380.